The number of likely N-dealkylation sites (tertiary alicyclic amines) is 1. The number of aryl methyl sites for hydroxylation is 1. The zero-order valence-electron chi connectivity index (χ0n) is 18.1. The Morgan fingerprint density at radius 3 is 2.87 bits per heavy atom. The third-order valence-electron chi connectivity index (χ3n) is 6.21. The maximum absolute atomic E-state index is 14.8. The monoisotopic (exact) mass is 418 g/mol. The number of anilines is 1. The SMILES string of the molecule is COC(=O)N1CCC(Nc2cc(C)nc3c(C(C)C)cnn23)CC1CC1(F)CNC1. The van der Waals surface area contributed by atoms with Gasteiger partial charge in [0.05, 0.1) is 13.3 Å². The molecule has 30 heavy (non-hydrogen) atoms. The molecule has 2 atom stereocenters. The minimum absolute atomic E-state index is 0.101. The summed E-state index contributed by atoms with van der Waals surface area (Å²) in [5.74, 6) is 1.20. The number of amides is 1. The highest BCUT2D eigenvalue weighted by Gasteiger charge is 2.43. The zero-order chi connectivity index (χ0) is 21.5. The molecule has 2 aromatic rings. The second-order valence-corrected chi connectivity index (χ2v) is 8.91. The van der Waals surface area contributed by atoms with Gasteiger partial charge in [0.15, 0.2) is 5.65 Å². The number of rotatable bonds is 5. The Bertz CT molecular complexity index is 926. The van der Waals surface area contributed by atoms with Crippen LogP contribution in [0.5, 0.6) is 0 Å². The molecular weight excluding hydrogens is 387 g/mol. The highest BCUT2D eigenvalue weighted by Crippen LogP contribution is 2.32. The summed E-state index contributed by atoms with van der Waals surface area (Å²) in [6, 6.07) is 1.88. The van der Waals surface area contributed by atoms with Crippen molar-refractivity contribution in [2.75, 3.05) is 32.1 Å². The van der Waals surface area contributed by atoms with Gasteiger partial charge >= 0.3 is 6.09 Å². The summed E-state index contributed by atoms with van der Waals surface area (Å²) in [6.45, 7) is 7.44. The highest BCUT2D eigenvalue weighted by atomic mass is 19.1. The Hall–Kier alpha value is -2.42. The number of aromatic nitrogens is 3. The van der Waals surface area contributed by atoms with Crippen molar-refractivity contribution in [1.82, 2.24) is 24.8 Å². The standard InChI is InChI=1S/C21H31FN6O2/c1-13(2)17-10-24-28-18(7-14(3)25-19(17)28)26-15-5-6-27(20(29)30-4)16(8-15)9-21(22)11-23-12-21/h7,10,13,15-16,23,26H,5-6,8-9,11-12H2,1-4H3. The first-order valence-electron chi connectivity index (χ1n) is 10.7. The van der Waals surface area contributed by atoms with Gasteiger partial charge < -0.3 is 20.3 Å². The molecule has 2 aliphatic rings. The number of carbonyl (C=O) groups is 1. The number of hydrogen-bond acceptors (Lipinski definition) is 6. The molecular formula is C21H31FN6O2. The number of fused-ring (bicyclic) bond motifs is 1. The van der Waals surface area contributed by atoms with Gasteiger partial charge in [-0.3, -0.25) is 0 Å². The molecule has 4 heterocycles. The van der Waals surface area contributed by atoms with E-state index in [0.717, 1.165) is 29.1 Å². The number of alkyl halides is 1. The quantitative estimate of drug-likeness (QED) is 0.777. The van der Waals surface area contributed by atoms with E-state index in [1.807, 2.05) is 23.7 Å². The van der Waals surface area contributed by atoms with Crippen LogP contribution < -0.4 is 10.6 Å². The molecule has 2 fully saturated rings. The molecule has 164 valence electrons. The van der Waals surface area contributed by atoms with Gasteiger partial charge in [-0.2, -0.15) is 9.61 Å². The smallest absolute Gasteiger partial charge is 0.409 e. The molecule has 0 aromatic carbocycles. The van der Waals surface area contributed by atoms with Crippen molar-refractivity contribution in [1.29, 1.82) is 0 Å². The Balaban J connectivity index is 1.55. The third kappa shape index (κ3) is 3.95. The summed E-state index contributed by atoms with van der Waals surface area (Å²) in [6.07, 6.45) is 3.21. The Morgan fingerprint density at radius 1 is 1.47 bits per heavy atom. The fourth-order valence-electron chi connectivity index (χ4n) is 4.52. The number of methoxy groups -OCH3 is 1. The lowest BCUT2D eigenvalue weighted by atomic mass is 9.85. The van der Waals surface area contributed by atoms with E-state index >= 15 is 0 Å². The summed E-state index contributed by atoms with van der Waals surface area (Å²) in [7, 11) is 1.38. The van der Waals surface area contributed by atoms with Crippen molar-refractivity contribution >= 4 is 17.6 Å². The molecule has 0 saturated carbocycles. The summed E-state index contributed by atoms with van der Waals surface area (Å²) in [5.41, 5.74) is 1.63. The molecule has 2 unspecified atom stereocenters. The second kappa shape index (κ2) is 8.02. The van der Waals surface area contributed by atoms with Crippen molar-refractivity contribution in [2.45, 2.75) is 63.7 Å². The maximum Gasteiger partial charge on any atom is 0.409 e. The molecule has 0 radical (unpaired) electrons. The van der Waals surface area contributed by atoms with Crippen LogP contribution in [0.25, 0.3) is 5.65 Å². The van der Waals surface area contributed by atoms with Crippen LogP contribution in [0.15, 0.2) is 12.3 Å². The van der Waals surface area contributed by atoms with Gasteiger partial charge in [-0.15, -0.1) is 0 Å². The number of hydrogen-bond donors (Lipinski definition) is 2. The Morgan fingerprint density at radius 2 is 2.23 bits per heavy atom. The second-order valence-electron chi connectivity index (χ2n) is 8.91. The molecule has 2 N–H and O–H groups in total. The Kier molecular flexibility index (Phi) is 5.57. The van der Waals surface area contributed by atoms with Gasteiger partial charge in [0, 0.05) is 55.5 Å². The molecule has 2 aliphatic heterocycles. The predicted octanol–water partition coefficient (Wildman–Crippen LogP) is 2.87. The van der Waals surface area contributed by atoms with E-state index in [-0.39, 0.29) is 18.2 Å². The molecule has 2 saturated heterocycles. The van der Waals surface area contributed by atoms with Crippen LogP contribution in [-0.4, -0.2) is 70.1 Å². The lowest BCUT2D eigenvalue weighted by Gasteiger charge is -2.44. The molecule has 0 spiro atoms. The lowest BCUT2D eigenvalue weighted by Crippen LogP contribution is -2.61. The van der Waals surface area contributed by atoms with Crippen molar-refractivity contribution < 1.29 is 13.9 Å². The van der Waals surface area contributed by atoms with Crippen LogP contribution in [0.2, 0.25) is 0 Å². The van der Waals surface area contributed by atoms with Crippen molar-refractivity contribution in [2.24, 2.45) is 0 Å². The van der Waals surface area contributed by atoms with Crippen LogP contribution >= 0.6 is 0 Å². The number of nitrogens with one attached hydrogen (secondary N) is 2. The van der Waals surface area contributed by atoms with Crippen LogP contribution in [0, 0.1) is 6.92 Å². The molecule has 1 amide bonds. The zero-order valence-corrected chi connectivity index (χ0v) is 18.1. The van der Waals surface area contributed by atoms with Gasteiger partial charge in [-0.05, 0) is 25.7 Å². The fraction of sp³-hybridized carbons (Fsp3) is 0.667. The van der Waals surface area contributed by atoms with E-state index in [1.165, 1.54) is 7.11 Å². The first-order valence-corrected chi connectivity index (χ1v) is 10.7. The van der Waals surface area contributed by atoms with Gasteiger partial charge in [0.1, 0.15) is 11.5 Å². The summed E-state index contributed by atoms with van der Waals surface area (Å²) in [5, 5.41) is 11.1. The van der Waals surface area contributed by atoms with Crippen LogP contribution in [0.4, 0.5) is 15.0 Å². The number of ether oxygens (including phenoxy) is 1. The molecule has 0 bridgehead atoms. The van der Waals surface area contributed by atoms with Crippen molar-refractivity contribution in [3.63, 3.8) is 0 Å². The predicted molar refractivity (Wildman–Crippen MR) is 113 cm³/mol. The first-order chi connectivity index (χ1) is 14.3. The number of piperidine rings is 1. The number of halogens is 1. The van der Waals surface area contributed by atoms with Gasteiger partial charge in [0.2, 0.25) is 0 Å². The van der Waals surface area contributed by atoms with Gasteiger partial charge in [0.25, 0.3) is 0 Å². The van der Waals surface area contributed by atoms with E-state index < -0.39 is 5.67 Å². The van der Waals surface area contributed by atoms with Crippen LogP contribution in [-0.2, 0) is 4.74 Å². The molecule has 0 aliphatic carbocycles. The van der Waals surface area contributed by atoms with E-state index in [2.05, 4.69) is 34.6 Å². The minimum atomic E-state index is -1.26. The average molecular weight is 419 g/mol. The highest BCUT2D eigenvalue weighted by molar-refractivity contribution is 5.68. The van der Waals surface area contributed by atoms with Crippen molar-refractivity contribution in [3.8, 4) is 0 Å². The molecule has 4 rings (SSSR count). The maximum atomic E-state index is 14.8. The summed E-state index contributed by atoms with van der Waals surface area (Å²) in [4.78, 5) is 18.6. The van der Waals surface area contributed by atoms with Gasteiger partial charge in [-0.1, -0.05) is 13.8 Å². The topological polar surface area (TPSA) is 83.8 Å². The van der Waals surface area contributed by atoms with E-state index in [4.69, 9.17) is 4.74 Å². The fourth-order valence-corrected chi connectivity index (χ4v) is 4.52. The average Bonchev–Trinajstić information content (AvgIpc) is 3.10. The Labute approximate surface area is 176 Å². The number of carbonyl (C=O) groups excluding carboxylic acids is 1. The normalized spacial score (nSPS) is 23.5. The van der Waals surface area contributed by atoms with Gasteiger partial charge in [-0.25, -0.2) is 14.2 Å². The summed E-state index contributed by atoms with van der Waals surface area (Å²) >= 11 is 0. The first kappa shape index (κ1) is 20.8. The van der Waals surface area contributed by atoms with Crippen molar-refractivity contribution in [3.05, 3.63) is 23.5 Å². The number of nitrogens with zero attached hydrogens (tertiary/aromatic N) is 4. The van der Waals surface area contributed by atoms with E-state index in [1.54, 1.807) is 4.90 Å². The van der Waals surface area contributed by atoms with E-state index in [0.29, 0.717) is 38.4 Å². The summed E-state index contributed by atoms with van der Waals surface area (Å²) < 4.78 is 21.6. The molecule has 2 aromatic heterocycles. The van der Waals surface area contributed by atoms with Crippen LogP contribution in [0.1, 0.15) is 50.3 Å². The minimum Gasteiger partial charge on any atom is -0.453 e. The lowest BCUT2D eigenvalue weighted by molar-refractivity contribution is 0.0233. The third-order valence-corrected chi connectivity index (χ3v) is 6.21. The molecule has 9 heteroatoms. The molecule has 8 nitrogen and oxygen atoms in total. The van der Waals surface area contributed by atoms with Crippen LogP contribution in [0.3, 0.4) is 0 Å². The van der Waals surface area contributed by atoms with E-state index in [9.17, 15) is 9.18 Å². The largest absolute Gasteiger partial charge is 0.453 e.